The highest BCUT2D eigenvalue weighted by atomic mass is 16.5. The predicted molar refractivity (Wildman–Crippen MR) is 79.9 cm³/mol. The summed E-state index contributed by atoms with van der Waals surface area (Å²) in [5.41, 5.74) is 2.10. The van der Waals surface area contributed by atoms with Crippen LogP contribution in [0.4, 0.5) is 0 Å². The first kappa shape index (κ1) is 15.2. The van der Waals surface area contributed by atoms with E-state index >= 15 is 0 Å². The number of rotatable bonds is 7. The maximum absolute atomic E-state index is 5.35. The van der Waals surface area contributed by atoms with Crippen molar-refractivity contribution in [3.05, 3.63) is 35.7 Å². The summed E-state index contributed by atoms with van der Waals surface area (Å²) in [7, 11) is 4.82. The van der Waals surface area contributed by atoms with Crippen LogP contribution in [0.3, 0.4) is 0 Å². The minimum Gasteiger partial charge on any atom is -0.493 e. The van der Waals surface area contributed by atoms with Gasteiger partial charge in [0.1, 0.15) is 0 Å². The third kappa shape index (κ3) is 3.46. The van der Waals surface area contributed by atoms with Crippen LogP contribution in [0.15, 0.2) is 24.4 Å². The molecule has 0 amide bonds. The van der Waals surface area contributed by atoms with Crippen LogP contribution in [-0.4, -0.2) is 31.5 Å². The molecule has 2 aromatic rings. The Morgan fingerprint density at radius 1 is 1.14 bits per heavy atom. The zero-order chi connectivity index (χ0) is 15.2. The highest BCUT2D eigenvalue weighted by Gasteiger charge is 2.14. The van der Waals surface area contributed by atoms with Gasteiger partial charge in [0.25, 0.3) is 0 Å². The molecule has 21 heavy (non-hydrogen) atoms. The Balaban J connectivity index is 2.13. The average Bonchev–Trinajstić information content (AvgIpc) is 3.05. The molecule has 1 atom stereocenters. The number of aromatic amines is 1. The van der Waals surface area contributed by atoms with Crippen LogP contribution >= 0.6 is 0 Å². The summed E-state index contributed by atoms with van der Waals surface area (Å²) in [6.45, 7) is 2.75. The lowest BCUT2D eigenvalue weighted by atomic mass is 10.1. The van der Waals surface area contributed by atoms with Gasteiger partial charge in [-0.3, -0.25) is 5.10 Å². The second-order valence-electron chi connectivity index (χ2n) is 4.65. The Kier molecular flexibility index (Phi) is 5.05. The lowest BCUT2D eigenvalue weighted by Gasteiger charge is -2.16. The van der Waals surface area contributed by atoms with Crippen molar-refractivity contribution in [2.45, 2.75) is 19.5 Å². The van der Waals surface area contributed by atoms with Gasteiger partial charge < -0.3 is 19.5 Å². The van der Waals surface area contributed by atoms with Crippen LogP contribution in [0, 0.1) is 0 Å². The Bertz CT molecular complexity index is 545. The molecular weight excluding hydrogens is 270 g/mol. The molecule has 2 N–H and O–H groups in total. The van der Waals surface area contributed by atoms with E-state index in [4.69, 9.17) is 14.2 Å². The monoisotopic (exact) mass is 291 g/mol. The Hall–Kier alpha value is -2.21. The first-order valence-electron chi connectivity index (χ1n) is 6.71. The molecule has 1 aromatic heterocycles. The second kappa shape index (κ2) is 6.99. The first-order chi connectivity index (χ1) is 10.2. The quantitative estimate of drug-likeness (QED) is 0.819. The number of nitrogens with zero attached hydrogens (tertiary/aromatic N) is 1. The van der Waals surface area contributed by atoms with E-state index in [0.717, 1.165) is 11.3 Å². The summed E-state index contributed by atoms with van der Waals surface area (Å²) in [5.74, 6) is 1.91. The van der Waals surface area contributed by atoms with Gasteiger partial charge in [-0.15, -0.1) is 0 Å². The Labute approximate surface area is 124 Å². The molecule has 1 unspecified atom stereocenters. The third-order valence-corrected chi connectivity index (χ3v) is 3.33. The molecule has 0 aliphatic rings. The maximum atomic E-state index is 5.35. The minimum atomic E-state index is 0.173. The molecule has 1 heterocycles. The number of hydrogen-bond donors (Lipinski definition) is 2. The number of benzene rings is 1. The minimum absolute atomic E-state index is 0.173. The molecule has 2 rings (SSSR count). The highest BCUT2D eigenvalue weighted by Crippen LogP contribution is 2.38. The maximum Gasteiger partial charge on any atom is 0.203 e. The fraction of sp³-hybridized carbons (Fsp3) is 0.400. The van der Waals surface area contributed by atoms with E-state index in [1.807, 2.05) is 18.2 Å². The highest BCUT2D eigenvalue weighted by molar-refractivity contribution is 5.53. The zero-order valence-electron chi connectivity index (χ0n) is 12.8. The summed E-state index contributed by atoms with van der Waals surface area (Å²) in [6.07, 6.45) is 1.74. The normalized spacial score (nSPS) is 12.0. The largest absolute Gasteiger partial charge is 0.493 e. The van der Waals surface area contributed by atoms with Gasteiger partial charge in [0, 0.05) is 18.8 Å². The van der Waals surface area contributed by atoms with Gasteiger partial charge in [0.2, 0.25) is 5.75 Å². The summed E-state index contributed by atoms with van der Waals surface area (Å²) >= 11 is 0. The molecule has 0 bridgehead atoms. The number of ether oxygens (including phenoxy) is 3. The predicted octanol–water partition coefficient (Wildman–Crippen LogP) is 2.29. The van der Waals surface area contributed by atoms with Crippen LogP contribution in [0.1, 0.15) is 24.2 Å². The van der Waals surface area contributed by atoms with E-state index in [0.29, 0.717) is 23.8 Å². The number of methoxy groups -OCH3 is 3. The van der Waals surface area contributed by atoms with Crippen molar-refractivity contribution in [1.29, 1.82) is 0 Å². The molecule has 0 aliphatic carbocycles. The number of aromatic nitrogens is 2. The lowest BCUT2D eigenvalue weighted by Crippen LogP contribution is -2.18. The van der Waals surface area contributed by atoms with Crippen LogP contribution in [0.2, 0.25) is 0 Å². The van der Waals surface area contributed by atoms with E-state index < -0.39 is 0 Å². The van der Waals surface area contributed by atoms with Crippen molar-refractivity contribution in [3.63, 3.8) is 0 Å². The van der Waals surface area contributed by atoms with Crippen molar-refractivity contribution in [1.82, 2.24) is 15.5 Å². The third-order valence-electron chi connectivity index (χ3n) is 3.33. The summed E-state index contributed by atoms with van der Waals surface area (Å²) in [6, 6.07) is 6.00. The van der Waals surface area contributed by atoms with Crippen molar-refractivity contribution in [2.24, 2.45) is 0 Å². The molecule has 0 aliphatic heterocycles. The van der Waals surface area contributed by atoms with Crippen molar-refractivity contribution < 1.29 is 14.2 Å². The topological polar surface area (TPSA) is 68.4 Å². The van der Waals surface area contributed by atoms with Crippen LogP contribution in [0.5, 0.6) is 17.2 Å². The Morgan fingerprint density at radius 3 is 2.29 bits per heavy atom. The van der Waals surface area contributed by atoms with Gasteiger partial charge in [-0.2, -0.15) is 5.10 Å². The Morgan fingerprint density at radius 2 is 1.81 bits per heavy atom. The smallest absolute Gasteiger partial charge is 0.203 e. The zero-order valence-corrected chi connectivity index (χ0v) is 12.8. The molecule has 0 spiro atoms. The van der Waals surface area contributed by atoms with E-state index in [2.05, 4.69) is 22.4 Å². The standard InChI is InChI=1S/C15H21N3O3/c1-10(12-5-6-17-18-12)16-9-11-7-13(19-2)15(21-4)14(8-11)20-3/h5-8,10,16H,9H2,1-4H3,(H,17,18). The van der Waals surface area contributed by atoms with Crippen LogP contribution in [-0.2, 0) is 6.54 Å². The fourth-order valence-electron chi connectivity index (χ4n) is 2.13. The second-order valence-corrected chi connectivity index (χ2v) is 4.65. The number of nitrogens with one attached hydrogen (secondary N) is 2. The van der Waals surface area contributed by atoms with E-state index in [1.165, 1.54) is 0 Å². The number of hydrogen-bond acceptors (Lipinski definition) is 5. The van der Waals surface area contributed by atoms with Crippen molar-refractivity contribution >= 4 is 0 Å². The van der Waals surface area contributed by atoms with Crippen LogP contribution in [0.25, 0.3) is 0 Å². The summed E-state index contributed by atoms with van der Waals surface area (Å²) in [5, 5.41) is 10.3. The average molecular weight is 291 g/mol. The van der Waals surface area contributed by atoms with Gasteiger partial charge >= 0.3 is 0 Å². The molecule has 6 heteroatoms. The molecule has 0 fully saturated rings. The van der Waals surface area contributed by atoms with Gasteiger partial charge in [-0.25, -0.2) is 0 Å². The summed E-state index contributed by atoms with van der Waals surface area (Å²) in [4.78, 5) is 0. The SMILES string of the molecule is COc1cc(CNC(C)c2ccn[nH]2)cc(OC)c1OC. The van der Waals surface area contributed by atoms with Gasteiger partial charge in [-0.1, -0.05) is 0 Å². The van der Waals surface area contributed by atoms with E-state index in [9.17, 15) is 0 Å². The molecule has 0 radical (unpaired) electrons. The summed E-state index contributed by atoms with van der Waals surface area (Å²) < 4.78 is 16.0. The lowest BCUT2D eigenvalue weighted by molar-refractivity contribution is 0.323. The van der Waals surface area contributed by atoms with E-state index in [-0.39, 0.29) is 6.04 Å². The van der Waals surface area contributed by atoms with Gasteiger partial charge in [0.05, 0.1) is 27.0 Å². The fourth-order valence-corrected chi connectivity index (χ4v) is 2.13. The molecule has 0 saturated heterocycles. The molecule has 0 saturated carbocycles. The van der Waals surface area contributed by atoms with Crippen molar-refractivity contribution in [2.75, 3.05) is 21.3 Å². The first-order valence-corrected chi connectivity index (χ1v) is 6.71. The molecule has 6 nitrogen and oxygen atoms in total. The van der Waals surface area contributed by atoms with E-state index in [1.54, 1.807) is 27.5 Å². The van der Waals surface area contributed by atoms with Gasteiger partial charge in [-0.05, 0) is 30.7 Å². The number of H-pyrrole nitrogens is 1. The van der Waals surface area contributed by atoms with Crippen molar-refractivity contribution in [3.8, 4) is 17.2 Å². The molecular formula is C15H21N3O3. The molecule has 1 aromatic carbocycles. The van der Waals surface area contributed by atoms with Crippen LogP contribution < -0.4 is 19.5 Å². The van der Waals surface area contributed by atoms with Gasteiger partial charge in [0.15, 0.2) is 11.5 Å². The molecule has 114 valence electrons.